The van der Waals surface area contributed by atoms with Crippen molar-refractivity contribution in [3.8, 4) is 5.75 Å². The predicted octanol–water partition coefficient (Wildman–Crippen LogP) is 6.93. The Balaban J connectivity index is 1.51. The van der Waals surface area contributed by atoms with Gasteiger partial charge in [0.2, 0.25) is 0 Å². The van der Waals surface area contributed by atoms with Crippen LogP contribution in [-0.2, 0) is 11.0 Å². The van der Waals surface area contributed by atoms with Crippen LogP contribution in [0.15, 0.2) is 83.9 Å². The molecule has 2 aliphatic rings. The molecule has 1 aliphatic carbocycles. The second-order valence-electron chi connectivity index (χ2n) is 8.99. The molecule has 0 unspecified atom stereocenters. The van der Waals surface area contributed by atoms with Crippen molar-refractivity contribution in [2.45, 2.75) is 50.6 Å². The molecule has 1 amide bonds. The number of carbonyl (C=O) groups excluding carboxylic acids is 1. The summed E-state index contributed by atoms with van der Waals surface area (Å²) in [4.78, 5) is 19.8. The van der Waals surface area contributed by atoms with Crippen LogP contribution < -0.4 is 9.64 Å². The zero-order valence-corrected chi connectivity index (χ0v) is 19.2. The van der Waals surface area contributed by atoms with Crippen molar-refractivity contribution in [3.63, 3.8) is 0 Å². The van der Waals surface area contributed by atoms with Gasteiger partial charge in [0.1, 0.15) is 11.5 Å². The number of hydrogen-bond acceptors (Lipinski definition) is 3. The summed E-state index contributed by atoms with van der Waals surface area (Å²) in [6, 6.07) is 21.4. The van der Waals surface area contributed by atoms with E-state index in [0.29, 0.717) is 17.8 Å². The van der Waals surface area contributed by atoms with E-state index in [1.807, 2.05) is 61.5 Å². The number of alkyl halides is 3. The van der Waals surface area contributed by atoms with Crippen molar-refractivity contribution in [1.29, 1.82) is 0 Å². The Morgan fingerprint density at radius 1 is 0.971 bits per heavy atom. The molecule has 180 valence electrons. The van der Waals surface area contributed by atoms with Crippen LogP contribution in [-0.4, -0.2) is 17.7 Å². The number of benzene rings is 3. The second-order valence-corrected chi connectivity index (χ2v) is 8.99. The third-order valence-corrected chi connectivity index (χ3v) is 6.34. The van der Waals surface area contributed by atoms with E-state index in [-0.39, 0.29) is 18.1 Å². The van der Waals surface area contributed by atoms with Crippen molar-refractivity contribution >= 4 is 17.3 Å². The summed E-state index contributed by atoms with van der Waals surface area (Å²) >= 11 is 0. The fraction of sp³-hybridized carbons (Fsp3) is 0.286. The highest BCUT2D eigenvalue weighted by molar-refractivity contribution is 6.46. The Bertz CT molecular complexity index is 1240. The Kier molecular flexibility index (Phi) is 6.09. The zero-order chi connectivity index (χ0) is 24.6. The number of carbonyl (C=O) groups is 1. The van der Waals surface area contributed by atoms with E-state index < -0.39 is 17.8 Å². The van der Waals surface area contributed by atoms with Gasteiger partial charge >= 0.3 is 6.18 Å². The van der Waals surface area contributed by atoms with Gasteiger partial charge in [0.25, 0.3) is 5.91 Å². The van der Waals surface area contributed by atoms with E-state index >= 15 is 0 Å². The smallest absolute Gasteiger partial charge is 0.416 e. The van der Waals surface area contributed by atoms with Crippen LogP contribution in [0.25, 0.3) is 0 Å². The zero-order valence-electron chi connectivity index (χ0n) is 19.2. The van der Waals surface area contributed by atoms with E-state index in [4.69, 9.17) is 9.73 Å². The normalized spacial score (nSPS) is 20.3. The second kappa shape index (κ2) is 9.21. The summed E-state index contributed by atoms with van der Waals surface area (Å²) in [6.07, 6.45) is -1.82. The first-order valence-corrected chi connectivity index (χ1v) is 11.7. The SMILES string of the molecule is C[C@@H](N=C1C[C@H](c2cccc(OC3CC3)c2)N(c2ccc(C(F)(F)F)cc2)C1=O)c1ccccc1. The van der Waals surface area contributed by atoms with Crippen LogP contribution in [0, 0.1) is 0 Å². The van der Waals surface area contributed by atoms with Gasteiger partial charge in [-0.3, -0.25) is 14.7 Å². The summed E-state index contributed by atoms with van der Waals surface area (Å²) in [5.41, 5.74) is 1.89. The molecule has 3 aromatic carbocycles. The minimum absolute atomic E-state index is 0.227. The van der Waals surface area contributed by atoms with E-state index in [1.54, 1.807) is 4.90 Å². The summed E-state index contributed by atoms with van der Waals surface area (Å²) in [5.74, 6) is 0.430. The summed E-state index contributed by atoms with van der Waals surface area (Å²) < 4.78 is 45.3. The number of amides is 1. The van der Waals surface area contributed by atoms with Crippen molar-refractivity contribution in [2.75, 3.05) is 4.90 Å². The maximum absolute atomic E-state index is 13.6. The first-order chi connectivity index (χ1) is 16.8. The summed E-state index contributed by atoms with van der Waals surface area (Å²) in [5, 5.41) is 0. The first kappa shape index (κ1) is 23.1. The standard InChI is InChI=1S/C28H25F3N2O2/c1-18(19-6-3-2-4-7-19)32-25-17-26(20-8-5-9-24(16-20)35-23-14-15-23)33(27(25)34)22-12-10-21(11-13-22)28(29,30)31/h2-13,16,18,23,26H,14-15,17H2,1H3/t18-,26-/m1/s1. The first-order valence-electron chi connectivity index (χ1n) is 11.7. The van der Waals surface area contributed by atoms with Crippen LogP contribution in [0.5, 0.6) is 5.75 Å². The lowest BCUT2D eigenvalue weighted by molar-refractivity contribution is -0.137. The van der Waals surface area contributed by atoms with Crippen LogP contribution in [0.1, 0.15) is 55.0 Å². The largest absolute Gasteiger partial charge is 0.490 e. The van der Waals surface area contributed by atoms with Gasteiger partial charge in [0.15, 0.2) is 0 Å². The number of anilines is 1. The van der Waals surface area contributed by atoms with Crippen molar-refractivity contribution < 1.29 is 22.7 Å². The molecule has 2 fully saturated rings. The van der Waals surface area contributed by atoms with Gasteiger partial charge in [0, 0.05) is 12.1 Å². The molecule has 35 heavy (non-hydrogen) atoms. The number of aliphatic imine (C=N–C) groups is 1. The fourth-order valence-corrected chi connectivity index (χ4v) is 4.34. The molecule has 1 saturated carbocycles. The van der Waals surface area contributed by atoms with Gasteiger partial charge in [-0.1, -0.05) is 42.5 Å². The molecule has 0 N–H and O–H groups in total. The molecular weight excluding hydrogens is 453 g/mol. The predicted molar refractivity (Wildman–Crippen MR) is 129 cm³/mol. The molecule has 1 heterocycles. The van der Waals surface area contributed by atoms with Crippen molar-refractivity contribution in [2.24, 2.45) is 4.99 Å². The number of hydrogen-bond donors (Lipinski definition) is 0. The molecule has 0 aromatic heterocycles. The van der Waals surface area contributed by atoms with Gasteiger partial charge < -0.3 is 4.74 Å². The topological polar surface area (TPSA) is 41.9 Å². The van der Waals surface area contributed by atoms with Crippen molar-refractivity contribution in [3.05, 3.63) is 95.6 Å². The quantitative estimate of drug-likeness (QED) is 0.386. The van der Waals surface area contributed by atoms with E-state index in [9.17, 15) is 18.0 Å². The molecule has 7 heteroatoms. The van der Waals surface area contributed by atoms with Gasteiger partial charge in [0.05, 0.1) is 23.8 Å². The monoisotopic (exact) mass is 478 g/mol. The van der Waals surface area contributed by atoms with E-state index in [0.717, 1.165) is 41.9 Å². The lowest BCUT2D eigenvalue weighted by Crippen LogP contribution is -2.29. The van der Waals surface area contributed by atoms with Crippen LogP contribution in [0.4, 0.5) is 18.9 Å². The number of ether oxygens (including phenoxy) is 1. The Morgan fingerprint density at radius 2 is 1.69 bits per heavy atom. The highest BCUT2D eigenvalue weighted by Gasteiger charge is 2.39. The molecule has 0 bridgehead atoms. The minimum atomic E-state index is -4.45. The molecule has 1 aliphatic heterocycles. The summed E-state index contributed by atoms with van der Waals surface area (Å²) in [7, 11) is 0. The minimum Gasteiger partial charge on any atom is -0.490 e. The number of halogens is 3. The Labute approximate surface area is 202 Å². The van der Waals surface area contributed by atoms with Crippen LogP contribution in [0.3, 0.4) is 0 Å². The van der Waals surface area contributed by atoms with Gasteiger partial charge in [-0.05, 0) is 67.3 Å². The Hall–Kier alpha value is -3.61. The molecule has 0 spiro atoms. The van der Waals surface area contributed by atoms with Gasteiger partial charge in [-0.25, -0.2) is 0 Å². The van der Waals surface area contributed by atoms with Crippen LogP contribution >= 0.6 is 0 Å². The maximum atomic E-state index is 13.6. The van der Waals surface area contributed by atoms with Crippen molar-refractivity contribution in [1.82, 2.24) is 0 Å². The highest BCUT2D eigenvalue weighted by atomic mass is 19.4. The lowest BCUT2D eigenvalue weighted by atomic mass is 10.0. The molecule has 2 atom stereocenters. The third kappa shape index (κ3) is 5.09. The Morgan fingerprint density at radius 3 is 2.34 bits per heavy atom. The number of nitrogens with zero attached hydrogens (tertiary/aromatic N) is 2. The van der Waals surface area contributed by atoms with Gasteiger partial charge in [-0.15, -0.1) is 0 Å². The lowest BCUT2D eigenvalue weighted by Gasteiger charge is -2.25. The molecule has 5 rings (SSSR count). The van der Waals surface area contributed by atoms with Gasteiger partial charge in [-0.2, -0.15) is 13.2 Å². The van der Waals surface area contributed by atoms with Crippen LogP contribution in [0.2, 0.25) is 0 Å². The molecule has 4 nitrogen and oxygen atoms in total. The highest BCUT2D eigenvalue weighted by Crippen LogP contribution is 2.40. The molecular formula is C28H25F3N2O2. The third-order valence-electron chi connectivity index (χ3n) is 6.34. The fourth-order valence-electron chi connectivity index (χ4n) is 4.34. The number of rotatable bonds is 6. The molecule has 0 radical (unpaired) electrons. The molecule has 1 saturated heterocycles. The maximum Gasteiger partial charge on any atom is 0.416 e. The van der Waals surface area contributed by atoms with E-state index in [2.05, 4.69) is 0 Å². The summed E-state index contributed by atoms with van der Waals surface area (Å²) in [6.45, 7) is 1.93. The van der Waals surface area contributed by atoms with E-state index in [1.165, 1.54) is 12.1 Å². The average molecular weight is 479 g/mol. The average Bonchev–Trinajstić information content (AvgIpc) is 3.61. The molecule has 3 aromatic rings.